The summed E-state index contributed by atoms with van der Waals surface area (Å²) >= 11 is 0. The first-order valence-electron chi connectivity index (χ1n) is 7.08. The van der Waals surface area contributed by atoms with E-state index in [1.54, 1.807) is 4.90 Å². The van der Waals surface area contributed by atoms with Gasteiger partial charge in [-0.05, 0) is 40.2 Å². The Morgan fingerprint density at radius 2 is 2.05 bits per heavy atom. The number of carbonyl (C=O) groups is 2. The fourth-order valence-electron chi connectivity index (χ4n) is 3.11. The number of rotatable bonds is 1. The summed E-state index contributed by atoms with van der Waals surface area (Å²) in [5.41, 5.74) is -1.15. The number of nitrogens with one attached hydrogen (secondary N) is 1. The lowest BCUT2D eigenvalue weighted by atomic mass is 9.76. The van der Waals surface area contributed by atoms with Crippen LogP contribution < -0.4 is 5.32 Å². The van der Waals surface area contributed by atoms with E-state index in [-0.39, 0.29) is 18.1 Å². The molecule has 20 heavy (non-hydrogen) atoms. The van der Waals surface area contributed by atoms with Gasteiger partial charge in [0.15, 0.2) is 0 Å². The number of hydrogen-bond acceptors (Lipinski definition) is 5. The Balaban J connectivity index is 2.12. The standard InChI is InChI=1S/C14H24N2O4/c1-13(2,3)20-12(18)16-8-5-10-14(9-16,6-7-15-10)11(17)19-4/h10,15H,5-9H2,1-4H3/t10-,14-/m0/s1. The lowest BCUT2D eigenvalue weighted by Crippen LogP contribution is -2.58. The molecule has 0 unspecified atom stereocenters. The first-order valence-corrected chi connectivity index (χ1v) is 7.08. The van der Waals surface area contributed by atoms with Gasteiger partial charge in [-0.1, -0.05) is 0 Å². The molecule has 0 aromatic heterocycles. The first kappa shape index (κ1) is 15.1. The van der Waals surface area contributed by atoms with Gasteiger partial charge in [0, 0.05) is 19.1 Å². The van der Waals surface area contributed by atoms with Crippen LogP contribution in [0.15, 0.2) is 0 Å². The lowest BCUT2D eigenvalue weighted by Gasteiger charge is -2.42. The molecule has 0 spiro atoms. The summed E-state index contributed by atoms with van der Waals surface area (Å²) in [4.78, 5) is 26.0. The summed E-state index contributed by atoms with van der Waals surface area (Å²) in [6.07, 6.45) is 1.09. The van der Waals surface area contributed by atoms with Crippen molar-refractivity contribution in [1.82, 2.24) is 10.2 Å². The Labute approximate surface area is 119 Å². The topological polar surface area (TPSA) is 67.9 Å². The molecule has 2 aliphatic rings. The minimum Gasteiger partial charge on any atom is -0.468 e. The van der Waals surface area contributed by atoms with Gasteiger partial charge < -0.3 is 19.7 Å². The van der Waals surface area contributed by atoms with Crippen LogP contribution in [-0.2, 0) is 14.3 Å². The highest BCUT2D eigenvalue weighted by Gasteiger charge is 2.54. The number of amides is 1. The summed E-state index contributed by atoms with van der Waals surface area (Å²) in [6, 6.07) is 0.0913. The van der Waals surface area contributed by atoms with Gasteiger partial charge in [0.1, 0.15) is 11.0 Å². The zero-order valence-electron chi connectivity index (χ0n) is 12.7. The molecule has 0 bridgehead atoms. The molecular weight excluding hydrogens is 260 g/mol. The van der Waals surface area contributed by atoms with Gasteiger partial charge in [-0.2, -0.15) is 0 Å². The third-order valence-corrected chi connectivity index (χ3v) is 4.03. The number of hydrogen-bond donors (Lipinski definition) is 1. The molecule has 2 heterocycles. The Kier molecular flexibility index (Phi) is 3.95. The quantitative estimate of drug-likeness (QED) is 0.732. The second-order valence-corrected chi connectivity index (χ2v) is 6.60. The summed E-state index contributed by atoms with van der Waals surface area (Å²) in [5, 5.41) is 3.34. The maximum atomic E-state index is 12.2. The molecule has 1 N–H and O–H groups in total. The highest BCUT2D eigenvalue weighted by molar-refractivity contribution is 5.80. The lowest BCUT2D eigenvalue weighted by molar-refractivity contribution is -0.156. The van der Waals surface area contributed by atoms with Crippen molar-refractivity contribution in [2.45, 2.75) is 45.3 Å². The van der Waals surface area contributed by atoms with Crippen molar-refractivity contribution in [3.8, 4) is 0 Å². The summed E-state index contributed by atoms with van der Waals surface area (Å²) in [7, 11) is 1.40. The van der Waals surface area contributed by atoms with Gasteiger partial charge in [-0.15, -0.1) is 0 Å². The second-order valence-electron chi connectivity index (χ2n) is 6.60. The average molecular weight is 284 g/mol. The highest BCUT2D eigenvalue weighted by Crippen LogP contribution is 2.39. The van der Waals surface area contributed by atoms with Crippen molar-refractivity contribution in [1.29, 1.82) is 0 Å². The molecule has 114 valence electrons. The second kappa shape index (κ2) is 5.24. The molecule has 2 saturated heterocycles. The van der Waals surface area contributed by atoms with E-state index < -0.39 is 11.0 Å². The molecular formula is C14H24N2O4. The maximum Gasteiger partial charge on any atom is 0.410 e. The normalized spacial score (nSPS) is 29.8. The van der Waals surface area contributed by atoms with Gasteiger partial charge in [0.2, 0.25) is 0 Å². The van der Waals surface area contributed by atoms with Crippen LogP contribution in [0.1, 0.15) is 33.6 Å². The van der Waals surface area contributed by atoms with Crippen LogP contribution in [0.2, 0.25) is 0 Å². The number of nitrogens with zero attached hydrogens (tertiary/aromatic N) is 1. The zero-order valence-corrected chi connectivity index (χ0v) is 12.7. The molecule has 6 nitrogen and oxygen atoms in total. The van der Waals surface area contributed by atoms with Crippen LogP contribution in [0.5, 0.6) is 0 Å². The van der Waals surface area contributed by atoms with E-state index in [1.165, 1.54) is 7.11 Å². The van der Waals surface area contributed by atoms with Crippen molar-refractivity contribution in [3.05, 3.63) is 0 Å². The third kappa shape index (κ3) is 2.75. The minimum absolute atomic E-state index is 0.0913. The molecule has 0 saturated carbocycles. The van der Waals surface area contributed by atoms with E-state index in [1.807, 2.05) is 20.8 Å². The van der Waals surface area contributed by atoms with Crippen LogP contribution in [0.25, 0.3) is 0 Å². The molecule has 2 aliphatic heterocycles. The van der Waals surface area contributed by atoms with Gasteiger partial charge in [0.05, 0.1) is 7.11 Å². The Hall–Kier alpha value is -1.30. The van der Waals surface area contributed by atoms with E-state index in [0.29, 0.717) is 19.5 Å². The molecule has 0 aliphatic carbocycles. The van der Waals surface area contributed by atoms with Gasteiger partial charge >= 0.3 is 12.1 Å². The summed E-state index contributed by atoms with van der Waals surface area (Å²) in [6.45, 7) is 7.26. The predicted octanol–water partition coefficient (Wildman–Crippen LogP) is 1.15. The molecule has 1 amide bonds. The molecule has 2 rings (SSSR count). The van der Waals surface area contributed by atoms with Crippen LogP contribution >= 0.6 is 0 Å². The Bertz CT molecular complexity index is 404. The monoisotopic (exact) mass is 284 g/mol. The molecule has 2 fully saturated rings. The fourth-order valence-corrected chi connectivity index (χ4v) is 3.11. The first-order chi connectivity index (χ1) is 9.28. The van der Waals surface area contributed by atoms with Crippen molar-refractivity contribution in [2.75, 3.05) is 26.7 Å². The summed E-state index contributed by atoms with van der Waals surface area (Å²) < 4.78 is 10.4. The van der Waals surface area contributed by atoms with E-state index in [4.69, 9.17) is 9.47 Å². The number of ether oxygens (including phenoxy) is 2. The number of piperidine rings is 1. The van der Waals surface area contributed by atoms with E-state index >= 15 is 0 Å². The average Bonchev–Trinajstić information content (AvgIpc) is 2.79. The molecule has 0 aromatic carbocycles. The predicted molar refractivity (Wildman–Crippen MR) is 73.3 cm³/mol. The molecule has 0 aromatic rings. The van der Waals surface area contributed by atoms with E-state index in [9.17, 15) is 9.59 Å². The van der Waals surface area contributed by atoms with Gasteiger partial charge in [-0.25, -0.2) is 4.79 Å². The molecule has 6 heteroatoms. The molecule has 2 atom stereocenters. The SMILES string of the molecule is COC(=O)[C@]12CCN[C@H]1CCN(C(=O)OC(C)(C)C)C2. The van der Waals surface area contributed by atoms with Crippen LogP contribution in [-0.4, -0.2) is 55.3 Å². The Morgan fingerprint density at radius 3 is 2.65 bits per heavy atom. The van der Waals surface area contributed by atoms with Crippen molar-refractivity contribution < 1.29 is 19.1 Å². The van der Waals surface area contributed by atoms with Crippen LogP contribution in [0, 0.1) is 5.41 Å². The van der Waals surface area contributed by atoms with Gasteiger partial charge in [-0.3, -0.25) is 4.79 Å². The third-order valence-electron chi connectivity index (χ3n) is 4.03. The number of fused-ring (bicyclic) bond motifs is 1. The van der Waals surface area contributed by atoms with E-state index in [2.05, 4.69) is 5.32 Å². The van der Waals surface area contributed by atoms with Crippen molar-refractivity contribution in [3.63, 3.8) is 0 Å². The smallest absolute Gasteiger partial charge is 0.410 e. The Morgan fingerprint density at radius 1 is 1.35 bits per heavy atom. The van der Waals surface area contributed by atoms with Gasteiger partial charge in [0.25, 0.3) is 0 Å². The number of likely N-dealkylation sites (tertiary alicyclic amines) is 1. The number of methoxy groups -OCH3 is 1. The minimum atomic E-state index is -0.621. The largest absolute Gasteiger partial charge is 0.468 e. The maximum absolute atomic E-state index is 12.2. The fraction of sp³-hybridized carbons (Fsp3) is 0.857. The zero-order chi connectivity index (χ0) is 15.0. The highest BCUT2D eigenvalue weighted by atomic mass is 16.6. The van der Waals surface area contributed by atoms with Crippen LogP contribution in [0.4, 0.5) is 4.79 Å². The van der Waals surface area contributed by atoms with Crippen LogP contribution in [0.3, 0.4) is 0 Å². The number of carbonyl (C=O) groups excluding carboxylic acids is 2. The summed E-state index contributed by atoms with van der Waals surface area (Å²) in [5.74, 6) is -0.235. The van der Waals surface area contributed by atoms with E-state index in [0.717, 1.165) is 13.0 Å². The van der Waals surface area contributed by atoms with Crippen molar-refractivity contribution in [2.24, 2.45) is 5.41 Å². The van der Waals surface area contributed by atoms with Crippen molar-refractivity contribution >= 4 is 12.1 Å². The molecule has 0 radical (unpaired) electrons. The number of esters is 1.